The van der Waals surface area contributed by atoms with E-state index in [2.05, 4.69) is 13.8 Å². The first-order chi connectivity index (χ1) is 11.9. The lowest BCUT2D eigenvalue weighted by molar-refractivity contribution is -0.110. The van der Waals surface area contributed by atoms with Gasteiger partial charge in [-0.3, -0.25) is 0 Å². The molecule has 1 aliphatic heterocycles. The number of benzene rings is 1. The molecule has 1 heterocycles. The zero-order valence-corrected chi connectivity index (χ0v) is 15.9. The highest BCUT2D eigenvalue weighted by Gasteiger charge is 2.46. The van der Waals surface area contributed by atoms with Gasteiger partial charge >= 0.3 is 0 Å². The van der Waals surface area contributed by atoms with Gasteiger partial charge in [0.2, 0.25) is 0 Å². The van der Waals surface area contributed by atoms with Crippen LogP contribution in [0, 0.1) is 11.8 Å². The third-order valence-electron chi connectivity index (χ3n) is 5.06. The van der Waals surface area contributed by atoms with Crippen molar-refractivity contribution in [3.8, 4) is 0 Å². The molecular formula is C19H28O5S. The van der Waals surface area contributed by atoms with Crippen molar-refractivity contribution in [1.29, 1.82) is 0 Å². The summed E-state index contributed by atoms with van der Waals surface area (Å²) in [5.41, 5.74) is 0. The number of rotatable bonds is 9. The zero-order valence-electron chi connectivity index (χ0n) is 15.1. The van der Waals surface area contributed by atoms with Gasteiger partial charge in [0.1, 0.15) is 6.29 Å². The first-order valence-electron chi connectivity index (χ1n) is 8.82. The lowest BCUT2D eigenvalue weighted by Gasteiger charge is -2.23. The fraction of sp³-hybridized carbons (Fsp3) is 0.632. The normalized spacial score (nSPS) is 28.0. The van der Waals surface area contributed by atoms with E-state index in [1.54, 1.807) is 37.4 Å². The summed E-state index contributed by atoms with van der Waals surface area (Å²) in [5.74, 6) is 0.0175. The molecule has 0 aliphatic carbocycles. The predicted octanol–water partition coefficient (Wildman–Crippen LogP) is 2.88. The Morgan fingerprint density at radius 1 is 1.24 bits per heavy atom. The molecule has 0 amide bonds. The van der Waals surface area contributed by atoms with Crippen LogP contribution in [0.2, 0.25) is 0 Å². The van der Waals surface area contributed by atoms with Gasteiger partial charge in [0, 0.05) is 19.4 Å². The Hall–Kier alpha value is -1.24. The highest BCUT2D eigenvalue weighted by molar-refractivity contribution is 7.91. The van der Waals surface area contributed by atoms with E-state index in [4.69, 9.17) is 9.47 Å². The SMILES string of the molecule is CC[C@@H](C)C[C@H]1O[C@@H](CC=O)[C@H](CS(=O)(=O)c2ccccc2)[C@H]1OC. The van der Waals surface area contributed by atoms with Crippen LogP contribution < -0.4 is 0 Å². The molecule has 1 aliphatic rings. The first-order valence-corrected chi connectivity index (χ1v) is 10.5. The molecule has 1 aromatic rings. The Labute approximate surface area is 150 Å². The number of methoxy groups -OCH3 is 1. The number of carbonyl (C=O) groups is 1. The molecule has 5 nitrogen and oxygen atoms in total. The molecule has 0 saturated carbocycles. The van der Waals surface area contributed by atoms with Crippen LogP contribution in [0.3, 0.4) is 0 Å². The van der Waals surface area contributed by atoms with Crippen LogP contribution in [0.4, 0.5) is 0 Å². The minimum Gasteiger partial charge on any atom is -0.378 e. The Morgan fingerprint density at radius 3 is 2.48 bits per heavy atom. The van der Waals surface area contributed by atoms with E-state index < -0.39 is 15.9 Å². The fourth-order valence-corrected chi connectivity index (χ4v) is 5.15. The molecule has 0 bridgehead atoms. The molecule has 5 atom stereocenters. The van der Waals surface area contributed by atoms with Crippen LogP contribution in [-0.4, -0.2) is 45.9 Å². The Balaban J connectivity index is 2.23. The summed E-state index contributed by atoms with van der Waals surface area (Å²) in [5, 5.41) is 0. The first kappa shape index (κ1) is 20.1. The van der Waals surface area contributed by atoms with E-state index >= 15 is 0 Å². The van der Waals surface area contributed by atoms with Crippen molar-refractivity contribution in [3.63, 3.8) is 0 Å². The summed E-state index contributed by atoms with van der Waals surface area (Å²) in [6.07, 6.45) is 1.87. The molecule has 2 rings (SSSR count). The van der Waals surface area contributed by atoms with Gasteiger partial charge in [-0.2, -0.15) is 0 Å². The van der Waals surface area contributed by atoms with E-state index in [1.807, 2.05) is 0 Å². The van der Waals surface area contributed by atoms with Gasteiger partial charge in [0.15, 0.2) is 9.84 Å². The summed E-state index contributed by atoms with van der Waals surface area (Å²) in [6, 6.07) is 8.39. The molecule has 0 spiro atoms. The molecule has 0 radical (unpaired) electrons. The van der Waals surface area contributed by atoms with Crippen molar-refractivity contribution in [2.24, 2.45) is 11.8 Å². The predicted molar refractivity (Wildman–Crippen MR) is 96.2 cm³/mol. The summed E-state index contributed by atoms with van der Waals surface area (Å²) in [6.45, 7) is 4.25. The van der Waals surface area contributed by atoms with Crippen molar-refractivity contribution in [2.45, 2.75) is 56.3 Å². The van der Waals surface area contributed by atoms with Gasteiger partial charge in [-0.05, 0) is 24.5 Å². The van der Waals surface area contributed by atoms with Gasteiger partial charge in [0.25, 0.3) is 0 Å². The molecular weight excluding hydrogens is 340 g/mol. The van der Waals surface area contributed by atoms with Gasteiger partial charge in [0.05, 0.1) is 29.0 Å². The quantitative estimate of drug-likeness (QED) is 0.627. The number of ether oxygens (including phenoxy) is 2. The van der Waals surface area contributed by atoms with Crippen LogP contribution in [-0.2, 0) is 24.1 Å². The monoisotopic (exact) mass is 368 g/mol. The number of sulfone groups is 1. The summed E-state index contributed by atoms with van der Waals surface area (Å²) >= 11 is 0. The molecule has 0 N–H and O–H groups in total. The standard InChI is InChI=1S/C19H28O5S/c1-4-14(2)12-18-19(23-3)16(17(24-18)10-11-20)13-25(21,22)15-8-6-5-7-9-15/h5-9,11,14,16-19H,4,10,12-13H2,1-3H3/t14-,16+,17+,18-,19-/m1/s1. The van der Waals surface area contributed by atoms with Crippen molar-refractivity contribution >= 4 is 16.1 Å². The van der Waals surface area contributed by atoms with Crippen LogP contribution >= 0.6 is 0 Å². The van der Waals surface area contributed by atoms with E-state index in [0.29, 0.717) is 10.8 Å². The highest BCUT2D eigenvalue weighted by atomic mass is 32.2. The molecule has 0 aromatic heterocycles. The van der Waals surface area contributed by atoms with E-state index in [1.165, 1.54) is 0 Å². The minimum absolute atomic E-state index is 0.0783. The highest BCUT2D eigenvalue weighted by Crippen LogP contribution is 2.36. The fourth-order valence-electron chi connectivity index (χ4n) is 3.47. The van der Waals surface area contributed by atoms with Crippen LogP contribution in [0.1, 0.15) is 33.1 Å². The van der Waals surface area contributed by atoms with Gasteiger partial charge < -0.3 is 14.3 Å². The number of aldehydes is 1. The second-order valence-electron chi connectivity index (χ2n) is 6.82. The maximum absolute atomic E-state index is 12.8. The van der Waals surface area contributed by atoms with E-state index in [-0.39, 0.29) is 30.3 Å². The Kier molecular flexibility index (Phi) is 7.16. The van der Waals surface area contributed by atoms with Gasteiger partial charge in [-0.15, -0.1) is 0 Å². The topological polar surface area (TPSA) is 69.7 Å². The number of carbonyl (C=O) groups excluding carboxylic acids is 1. The van der Waals surface area contributed by atoms with Crippen LogP contribution in [0.5, 0.6) is 0 Å². The van der Waals surface area contributed by atoms with Crippen LogP contribution in [0.15, 0.2) is 35.2 Å². The van der Waals surface area contributed by atoms with Gasteiger partial charge in [-0.25, -0.2) is 8.42 Å². The maximum Gasteiger partial charge on any atom is 0.178 e. The van der Waals surface area contributed by atoms with Crippen molar-refractivity contribution in [2.75, 3.05) is 12.9 Å². The molecule has 6 heteroatoms. The lowest BCUT2D eigenvalue weighted by atomic mass is 9.91. The third kappa shape index (κ3) is 4.90. The molecule has 1 fully saturated rings. The average Bonchev–Trinajstić information content (AvgIpc) is 2.91. The van der Waals surface area contributed by atoms with Crippen molar-refractivity contribution < 1.29 is 22.7 Å². The minimum atomic E-state index is -3.47. The second kappa shape index (κ2) is 8.92. The maximum atomic E-state index is 12.8. The number of hydrogen-bond acceptors (Lipinski definition) is 5. The summed E-state index contributed by atoms with van der Waals surface area (Å²) < 4.78 is 37.3. The largest absolute Gasteiger partial charge is 0.378 e. The number of hydrogen-bond donors (Lipinski definition) is 0. The van der Waals surface area contributed by atoms with Crippen LogP contribution in [0.25, 0.3) is 0 Å². The van der Waals surface area contributed by atoms with E-state index in [9.17, 15) is 13.2 Å². The smallest absolute Gasteiger partial charge is 0.178 e. The molecule has 1 aromatic carbocycles. The molecule has 140 valence electrons. The van der Waals surface area contributed by atoms with Crippen molar-refractivity contribution in [3.05, 3.63) is 30.3 Å². The molecule has 1 saturated heterocycles. The Morgan fingerprint density at radius 2 is 1.92 bits per heavy atom. The molecule has 25 heavy (non-hydrogen) atoms. The summed E-state index contributed by atoms with van der Waals surface area (Å²) in [7, 11) is -1.88. The second-order valence-corrected chi connectivity index (χ2v) is 8.86. The Bertz CT molecular complexity index is 643. The average molecular weight is 368 g/mol. The lowest BCUT2D eigenvalue weighted by Crippen LogP contribution is -2.35. The third-order valence-corrected chi connectivity index (χ3v) is 6.88. The zero-order chi connectivity index (χ0) is 18.4. The van der Waals surface area contributed by atoms with E-state index in [0.717, 1.165) is 19.1 Å². The summed E-state index contributed by atoms with van der Waals surface area (Å²) in [4.78, 5) is 11.3. The van der Waals surface area contributed by atoms with Gasteiger partial charge in [-0.1, -0.05) is 38.5 Å². The molecule has 0 unspecified atom stereocenters. The van der Waals surface area contributed by atoms with Crippen molar-refractivity contribution in [1.82, 2.24) is 0 Å².